The van der Waals surface area contributed by atoms with E-state index in [1.54, 1.807) is 18.3 Å². The number of rotatable bonds is 6. The van der Waals surface area contributed by atoms with E-state index < -0.39 is 18.0 Å². The number of nitrogens with one attached hydrogen (secondary N) is 2. The third-order valence-electron chi connectivity index (χ3n) is 3.51. The number of nitrogens with zero attached hydrogens (tertiary/aromatic N) is 3. The van der Waals surface area contributed by atoms with Crippen molar-refractivity contribution in [1.82, 2.24) is 25.5 Å². The maximum Gasteiger partial charge on any atom is 0.573 e. The molecule has 8 nitrogen and oxygen atoms in total. The summed E-state index contributed by atoms with van der Waals surface area (Å²) in [6, 6.07) is 8.43. The lowest BCUT2D eigenvalue weighted by molar-refractivity contribution is -0.274. The molecule has 0 saturated carbocycles. The lowest BCUT2D eigenvalue weighted by Gasteiger charge is -2.12. The number of aromatic nitrogens is 4. The van der Waals surface area contributed by atoms with Crippen molar-refractivity contribution in [2.24, 2.45) is 0 Å². The molecule has 146 valence electrons. The van der Waals surface area contributed by atoms with E-state index >= 15 is 0 Å². The van der Waals surface area contributed by atoms with Crippen molar-refractivity contribution in [3.8, 4) is 23.0 Å². The summed E-state index contributed by atoms with van der Waals surface area (Å²) in [4.78, 5) is 20.6. The van der Waals surface area contributed by atoms with Crippen molar-refractivity contribution < 1.29 is 27.4 Å². The zero-order valence-electron chi connectivity index (χ0n) is 14.4. The summed E-state index contributed by atoms with van der Waals surface area (Å²) in [7, 11) is 1.48. The first kappa shape index (κ1) is 19.1. The van der Waals surface area contributed by atoms with Crippen molar-refractivity contribution in [3.05, 3.63) is 54.0 Å². The molecule has 2 aromatic heterocycles. The molecular weight excluding hydrogens is 379 g/mol. The summed E-state index contributed by atoms with van der Waals surface area (Å²) >= 11 is 0. The van der Waals surface area contributed by atoms with E-state index in [9.17, 15) is 18.0 Å². The minimum absolute atomic E-state index is 0.120. The molecule has 3 aromatic rings. The fourth-order valence-corrected chi connectivity index (χ4v) is 2.34. The molecule has 1 aromatic carbocycles. The molecule has 0 aliphatic rings. The minimum atomic E-state index is -4.91. The van der Waals surface area contributed by atoms with Gasteiger partial charge in [0.05, 0.1) is 19.2 Å². The number of carbonyl (C=O) groups excluding carboxylic acids is 1. The molecule has 11 heteroatoms. The van der Waals surface area contributed by atoms with Crippen molar-refractivity contribution >= 4 is 5.91 Å². The number of benzene rings is 1. The summed E-state index contributed by atoms with van der Waals surface area (Å²) in [5.41, 5.74) is 0.168. The molecule has 0 atom stereocenters. The predicted octanol–water partition coefficient (Wildman–Crippen LogP) is 2.70. The number of halogens is 3. The van der Waals surface area contributed by atoms with Crippen LogP contribution in [-0.4, -0.2) is 39.5 Å². The number of methoxy groups -OCH3 is 1. The van der Waals surface area contributed by atoms with Crippen LogP contribution < -0.4 is 14.8 Å². The van der Waals surface area contributed by atoms with Crippen LogP contribution in [0, 0.1) is 0 Å². The summed E-state index contributed by atoms with van der Waals surface area (Å²) in [6.45, 7) is -0.120. The number of H-pyrrole nitrogens is 1. The summed E-state index contributed by atoms with van der Waals surface area (Å²) in [5.74, 6) is -0.344. The second-order valence-electron chi connectivity index (χ2n) is 5.38. The third kappa shape index (κ3) is 4.55. The smallest absolute Gasteiger partial charge is 0.494 e. The molecule has 0 spiro atoms. The van der Waals surface area contributed by atoms with Crippen LogP contribution in [-0.2, 0) is 6.54 Å². The number of alkyl halides is 3. The van der Waals surface area contributed by atoms with Gasteiger partial charge in [0.2, 0.25) is 0 Å². The Morgan fingerprint density at radius 1 is 1.18 bits per heavy atom. The zero-order chi connectivity index (χ0) is 20.1. The number of pyridine rings is 1. The van der Waals surface area contributed by atoms with Crippen LogP contribution in [0.15, 0.2) is 42.6 Å². The number of hydrogen-bond donors (Lipinski definition) is 2. The fourth-order valence-electron chi connectivity index (χ4n) is 2.34. The van der Waals surface area contributed by atoms with Gasteiger partial charge in [-0.05, 0) is 24.3 Å². The van der Waals surface area contributed by atoms with Gasteiger partial charge in [-0.1, -0.05) is 12.1 Å². The number of aromatic amines is 1. The Labute approximate surface area is 156 Å². The Bertz CT molecular complexity index is 974. The number of amides is 1. The lowest BCUT2D eigenvalue weighted by Crippen LogP contribution is -2.26. The van der Waals surface area contributed by atoms with Crippen molar-refractivity contribution in [2.45, 2.75) is 12.9 Å². The lowest BCUT2D eigenvalue weighted by atomic mass is 10.2. The highest BCUT2D eigenvalue weighted by atomic mass is 19.4. The van der Waals surface area contributed by atoms with Gasteiger partial charge in [-0.3, -0.25) is 9.89 Å². The van der Waals surface area contributed by atoms with Gasteiger partial charge in [-0.2, -0.15) is 5.10 Å². The Kier molecular flexibility index (Phi) is 5.43. The summed E-state index contributed by atoms with van der Waals surface area (Å²) < 4.78 is 46.5. The molecule has 2 heterocycles. The summed E-state index contributed by atoms with van der Waals surface area (Å²) in [5, 5.41) is 9.08. The highest BCUT2D eigenvalue weighted by molar-refractivity contribution is 5.96. The fraction of sp³-hybridized carbons (Fsp3) is 0.176. The topological polar surface area (TPSA) is 102 Å². The predicted molar refractivity (Wildman–Crippen MR) is 90.5 cm³/mol. The van der Waals surface area contributed by atoms with E-state index in [4.69, 9.17) is 4.74 Å². The maximum atomic E-state index is 12.5. The Morgan fingerprint density at radius 2 is 1.93 bits per heavy atom. The first-order chi connectivity index (χ1) is 13.4. The van der Waals surface area contributed by atoms with Crippen LogP contribution in [0.25, 0.3) is 11.5 Å². The minimum Gasteiger partial charge on any atom is -0.494 e. The SMILES string of the molecule is COc1cccnc1-c1nc(CNC(=O)c2ccccc2OC(F)(F)F)n[nH]1. The molecule has 2 N–H and O–H groups in total. The van der Waals surface area contributed by atoms with Gasteiger partial charge in [0.1, 0.15) is 17.2 Å². The van der Waals surface area contributed by atoms with Crippen LogP contribution in [0.4, 0.5) is 13.2 Å². The quantitative estimate of drug-likeness (QED) is 0.668. The molecule has 0 bridgehead atoms. The molecular formula is C17H14F3N5O3. The number of ether oxygens (including phenoxy) is 2. The van der Waals surface area contributed by atoms with Crippen molar-refractivity contribution in [1.29, 1.82) is 0 Å². The van der Waals surface area contributed by atoms with Gasteiger partial charge in [-0.25, -0.2) is 9.97 Å². The highest BCUT2D eigenvalue weighted by Gasteiger charge is 2.32. The molecule has 0 radical (unpaired) electrons. The van der Waals surface area contributed by atoms with Crippen LogP contribution in [0.1, 0.15) is 16.2 Å². The molecule has 0 aliphatic heterocycles. The average Bonchev–Trinajstić information content (AvgIpc) is 3.14. The second-order valence-corrected chi connectivity index (χ2v) is 5.38. The van der Waals surface area contributed by atoms with Gasteiger partial charge >= 0.3 is 6.36 Å². The first-order valence-electron chi connectivity index (χ1n) is 7.91. The molecule has 28 heavy (non-hydrogen) atoms. The third-order valence-corrected chi connectivity index (χ3v) is 3.51. The van der Waals surface area contributed by atoms with Gasteiger partial charge in [0.15, 0.2) is 11.6 Å². The first-order valence-corrected chi connectivity index (χ1v) is 7.91. The van der Waals surface area contributed by atoms with Gasteiger partial charge in [0.25, 0.3) is 5.91 Å². The van der Waals surface area contributed by atoms with Crippen LogP contribution in [0.3, 0.4) is 0 Å². The van der Waals surface area contributed by atoms with E-state index in [0.717, 1.165) is 6.07 Å². The van der Waals surface area contributed by atoms with Crippen LogP contribution in [0.5, 0.6) is 11.5 Å². The van der Waals surface area contributed by atoms with Gasteiger partial charge < -0.3 is 14.8 Å². The highest BCUT2D eigenvalue weighted by Crippen LogP contribution is 2.26. The second kappa shape index (κ2) is 7.94. The van der Waals surface area contributed by atoms with Crippen LogP contribution >= 0.6 is 0 Å². The molecule has 3 rings (SSSR count). The number of hydrogen-bond acceptors (Lipinski definition) is 6. The van der Waals surface area contributed by atoms with Gasteiger partial charge in [0, 0.05) is 6.20 Å². The van der Waals surface area contributed by atoms with Crippen molar-refractivity contribution in [2.75, 3.05) is 7.11 Å². The summed E-state index contributed by atoms with van der Waals surface area (Å²) in [6.07, 6.45) is -3.35. The molecule has 0 saturated heterocycles. The molecule has 1 amide bonds. The Morgan fingerprint density at radius 3 is 2.68 bits per heavy atom. The van der Waals surface area contributed by atoms with E-state index in [1.807, 2.05) is 0 Å². The number of carbonyl (C=O) groups is 1. The van der Waals surface area contributed by atoms with E-state index in [-0.39, 0.29) is 17.9 Å². The standard InChI is InChI=1S/C17H14F3N5O3/c1-27-12-7-4-8-21-14(12)15-23-13(24-25-15)9-22-16(26)10-5-2-3-6-11(10)28-17(18,19)20/h2-8H,9H2,1H3,(H,22,26)(H,23,24,25). The molecule has 0 unspecified atom stereocenters. The number of para-hydroxylation sites is 1. The largest absolute Gasteiger partial charge is 0.573 e. The van der Waals surface area contributed by atoms with E-state index in [2.05, 4.69) is 30.2 Å². The zero-order valence-corrected chi connectivity index (χ0v) is 14.4. The van der Waals surface area contributed by atoms with Crippen molar-refractivity contribution in [3.63, 3.8) is 0 Å². The Balaban J connectivity index is 1.70. The monoisotopic (exact) mass is 393 g/mol. The maximum absolute atomic E-state index is 12.5. The Hall–Kier alpha value is -3.63. The molecule has 0 aliphatic carbocycles. The normalized spacial score (nSPS) is 11.1. The van der Waals surface area contributed by atoms with Gasteiger partial charge in [-0.15, -0.1) is 13.2 Å². The van der Waals surface area contributed by atoms with E-state index in [1.165, 1.54) is 25.3 Å². The van der Waals surface area contributed by atoms with E-state index in [0.29, 0.717) is 17.3 Å². The average molecular weight is 393 g/mol. The molecule has 0 fully saturated rings. The van der Waals surface area contributed by atoms with Crippen LogP contribution in [0.2, 0.25) is 0 Å².